The van der Waals surface area contributed by atoms with Gasteiger partial charge in [-0.1, -0.05) is 0 Å². The minimum absolute atomic E-state index is 0.0132. The van der Waals surface area contributed by atoms with Crippen LogP contribution in [-0.2, 0) is 6.42 Å². The van der Waals surface area contributed by atoms with E-state index >= 15 is 0 Å². The van der Waals surface area contributed by atoms with E-state index in [4.69, 9.17) is 4.74 Å². The van der Waals surface area contributed by atoms with E-state index < -0.39 is 10.5 Å². The van der Waals surface area contributed by atoms with Crippen molar-refractivity contribution in [2.45, 2.75) is 32.3 Å². The molecule has 0 amide bonds. The van der Waals surface area contributed by atoms with Crippen LogP contribution < -0.4 is 4.74 Å². The summed E-state index contributed by atoms with van der Waals surface area (Å²) in [5, 5.41) is 20.9. The molecule has 0 fully saturated rings. The second kappa shape index (κ2) is 6.75. The molecule has 2 aromatic rings. The molecule has 0 saturated heterocycles. The van der Waals surface area contributed by atoms with Crippen molar-refractivity contribution in [2.75, 3.05) is 0 Å². The predicted octanol–water partition coefficient (Wildman–Crippen LogP) is 4.23. The number of aliphatic hydroxyl groups is 1. The first-order chi connectivity index (χ1) is 10.7. The minimum Gasteiger partial charge on any atom is -0.457 e. The molecule has 0 saturated carbocycles. The number of rotatable bonds is 6. The van der Waals surface area contributed by atoms with Crippen LogP contribution in [-0.4, -0.2) is 15.6 Å². The summed E-state index contributed by atoms with van der Waals surface area (Å²) in [6.07, 6.45) is 0.730. The molecule has 0 aliphatic carbocycles. The van der Waals surface area contributed by atoms with Gasteiger partial charge in [-0.2, -0.15) is 0 Å². The average Bonchev–Trinajstić information content (AvgIpc) is 2.47. The van der Waals surface area contributed by atoms with Gasteiger partial charge in [0.2, 0.25) is 0 Å². The SMILES string of the molecule is CC(C)(O)CCc1cc(Oc2ccc(F)cc2)ccc1[N+](=O)[O-]. The van der Waals surface area contributed by atoms with E-state index in [1.165, 1.54) is 36.4 Å². The first-order valence-corrected chi connectivity index (χ1v) is 7.18. The fraction of sp³-hybridized carbons (Fsp3) is 0.294. The summed E-state index contributed by atoms with van der Waals surface area (Å²) in [5.41, 5.74) is -0.445. The lowest BCUT2D eigenvalue weighted by atomic mass is 9.98. The molecule has 0 aromatic heterocycles. The summed E-state index contributed by atoms with van der Waals surface area (Å²) in [4.78, 5) is 10.7. The Kier molecular flexibility index (Phi) is 4.95. The fourth-order valence-electron chi connectivity index (χ4n) is 2.08. The average molecular weight is 319 g/mol. The molecule has 0 unspecified atom stereocenters. The van der Waals surface area contributed by atoms with Crippen LogP contribution in [0.4, 0.5) is 10.1 Å². The molecule has 0 aliphatic rings. The maximum atomic E-state index is 12.9. The lowest BCUT2D eigenvalue weighted by Crippen LogP contribution is -2.19. The normalized spacial score (nSPS) is 11.3. The molecule has 23 heavy (non-hydrogen) atoms. The highest BCUT2D eigenvalue weighted by atomic mass is 19.1. The van der Waals surface area contributed by atoms with E-state index in [1.54, 1.807) is 19.9 Å². The molecular formula is C17H18FNO4. The summed E-state index contributed by atoms with van der Waals surface area (Å²) >= 11 is 0. The van der Waals surface area contributed by atoms with Gasteiger partial charge in [0.05, 0.1) is 10.5 Å². The van der Waals surface area contributed by atoms with E-state index in [-0.39, 0.29) is 11.5 Å². The number of ether oxygens (including phenoxy) is 1. The van der Waals surface area contributed by atoms with Gasteiger partial charge in [-0.15, -0.1) is 0 Å². The van der Waals surface area contributed by atoms with Crippen molar-refractivity contribution in [2.24, 2.45) is 0 Å². The summed E-state index contributed by atoms with van der Waals surface area (Å²) in [7, 11) is 0. The highest BCUT2D eigenvalue weighted by molar-refractivity contribution is 5.46. The van der Waals surface area contributed by atoms with Crippen molar-refractivity contribution in [3.8, 4) is 11.5 Å². The molecule has 0 spiro atoms. The number of nitrogens with zero attached hydrogens (tertiary/aromatic N) is 1. The van der Waals surface area contributed by atoms with Crippen molar-refractivity contribution in [3.05, 3.63) is 64.0 Å². The lowest BCUT2D eigenvalue weighted by molar-refractivity contribution is -0.385. The second-order valence-electron chi connectivity index (χ2n) is 5.92. The zero-order chi connectivity index (χ0) is 17.0. The number of benzene rings is 2. The van der Waals surface area contributed by atoms with Gasteiger partial charge < -0.3 is 9.84 Å². The molecule has 0 heterocycles. The lowest BCUT2D eigenvalue weighted by Gasteiger charge is -2.17. The van der Waals surface area contributed by atoms with E-state index in [2.05, 4.69) is 0 Å². The monoisotopic (exact) mass is 319 g/mol. The van der Waals surface area contributed by atoms with Gasteiger partial charge in [-0.05, 0) is 63.1 Å². The maximum Gasteiger partial charge on any atom is 0.272 e. The van der Waals surface area contributed by atoms with Crippen LogP contribution in [0.5, 0.6) is 11.5 Å². The molecule has 0 bridgehead atoms. The van der Waals surface area contributed by atoms with E-state index in [0.29, 0.717) is 29.9 Å². The van der Waals surface area contributed by atoms with Crippen molar-refractivity contribution in [3.63, 3.8) is 0 Å². The molecule has 122 valence electrons. The number of hydrogen-bond donors (Lipinski definition) is 1. The summed E-state index contributed by atoms with van der Waals surface area (Å²) in [6.45, 7) is 3.30. The van der Waals surface area contributed by atoms with Gasteiger partial charge >= 0.3 is 0 Å². The maximum absolute atomic E-state index is 12.9. The number of hydrogen-bond acceptors (Lipinski definition) is 4. The Morgan fingerprint density at radius 3 is 2.35 bits per heavy atom. The highest BCUT2D eigenvalue weighted by Gasteiger charge is 2.19. The Balaban J connectivity index is 2.24. The molecule has 2 rings (SSSR count). The molecule has 1 N–H and O–H groups in total. The fourth-order valence-corrected chi connectivity index (χ4v) is 2.08. The van der Waals surface area contributed by atoms with Gasteiger partial charge in [0.15, 0.2) is 0 Å². The molecule has 0 radical (unpaired) electrons. The quantitative estimate of drug-likeness (QED) is 0.639. The van der Waals surface area contributed by atoms with Crippen LogP contribution in [0.25, 0.3) is 0 Å². The van der Waals surface area contributed by atoms with E-state index in [9.17, 15) is 19.6 Å². The number of nitro groups is 1. The van der Waals surface area contributed by atoms with Crippen molar-refractivity contribution in [1.29, 1.82) is 0 Å². The summed E-state index contributed by atoms with van der Waals surface area (Å²) in [6, 6.07) is 9.95. The zero-order valence-electron chi connectivity index (χ0n) is 13.0. The Hall–Kier alpha value is -2.47. The van der Waals surface area contributed by atoms with Crippen LogP contribution >= 0.6 is 0 Å². The Bertz CT molecular complexity index is 693. The number of aryl methyl sites for hydroxylation is 1. The van der Waals surface area contributed by atoms with E-state index in [1.807, 2.05) is 0 Å². The third-order valence-corrected chi connectivity index (χ3v) is 3.30. The van der Waals surface area contributed by atoms with Crippen LogP contribution in [0.2, 0.25) is 0 Å². The Labute approximate surface area is 133 Å². The van der Waals surface area contributed by atoms with Gasteiger partial charge in [0.25, 0.3) is 5.69 Å². The first kappa shape index (κ1) is 16.9. The zero-order valence-corrected chi connectivity index (χ0v) is 13.0. The first-order valence-electron chi connectivity index (χ1n) is 7.18. The van der Waals surface area contributed by atoms with Crippen molar-refractivity contribution < 1.29 is 19.2 Å². The van der Waals surface area contributed by atoms with Crippen LogP contribution in [0, 0.1) is 15.9 Å². The van der Waals surface area contributed by atoms with Gasteiger partial charge in [-0.25, -0.2) is 4.39 Å². The van der Waals surface area contributed by atoms with Crippen LogP contribution in [0.15, 0.2) is 42.5 Å². The number of nitro benzene ring substituents is 1. The Morgan fingerprint density at radius 2 is 1.78 bits per heavy atom. The Morgan fingerprint density at radius 1 is 1.17 bits per heavy atom. The van der Waals surface area contributed by atoms with E-state index in [0.717, 1.165) is 0 Å². The van der Waals surface area contributed by atoms with Crippen LogP contribution in [0.1, 0.15) is 25.8 Å². The molecular weight excluding hydrogens is 301 g/mol. The summed E-state index contributed by atoms with van der Waals surface area (Å²) < 4.78 is 18.5. The molecule has 6 heteroatoms. The molecule has 2 aromatic carbocycles. The number of halogens is 1. The largest absolute Gasteiger partial charge is 0.457 e. The van der Waals surface area contributed by atoms with Gasteiger partial charge in [0, 0.05) is 11.6 Å². The van der Waals surface area contributed by atoms with Crippen LogP contribution in [0.3, 0.4) is 0 Å². The highest BCUT2D eigenvalue weighted by Crippen LogP contribution is 2.29. The standard InChI is InChI=1S/C17H18FNO4/c1-17(2,20)10-9-12-11-15(7-8-16(12)19(21)22)23-14-5-3-13(18)4-6-14/h3-8,11,20H,9-10H2,1-2H3. The smallest absolute Gasteiger partial charge is 0.272 e. The molecule has 0 atom stereocenters. The third-order valence-electron chi connectivity index (χ3n) is 3.30. The topological polar surface area (TPSA) is 72.6 Å². The van der Waals surface area contributed by atoms with Crippen molar-refractivity contribution in [1.82, 2.24) is 0 Å². The second-order valence-corrected chi connectivity index (χ2v) is 5.92. The predicted molar refractivity (Wildman–Crippen MR) is 84.2 cm³/mol. The minimum atomic E-state index is -0.915. The van der Waals surface area contributed by atoms with Gasteiger partial charge in [-0.3, -0.25) is 10.1 Å². The third kappa shape index (κ3) is 5.03. The van der Waals surface area contributed by atoms with Crippen molar-refractivity contribution >= 4 is 5.69 Å². The molecule has 0 aliphatic heterocycles. The summed E-state index contributed by atoms with van der Waals surface area (Å²) in [5.74, 6) is 0.494. The molecule has 5 nitrogen and oxygen atoms in total. The van der Waals surface area contributed by atoms with Gasteiger partial charge in [0.1, 0.15) is 17.3 Å².